The van der Waals surface area contributed by atoms with Crippen LogP contribution in [0.25, 0.3) is 0 Å². The van der Waals surface area contributed by atoms with Gasteiger partial charge in [0.25, 0.3) is 0 Å². The number of anilines is 1. The van der Waals surface area contributed by atoms with Gasteiger partial charge < -0.3 is 4.90 Å². The van der Waals surface area contributed by atoms with Crippen molar-refractivity contribution >= 4 is 34.0 Å². The molecule has 1 aliphatic carbocycles. The first kappa shape index (κ1) is 14.4. The van der Waals surface area contributed by atoms with Gasteiger partial charge in [0, 0.05) is 30.0 Å². The van der Waals surface area contributed by atoms with E-state index in [1.54, 1.807) is 11.3 Å². The first-order chi connectivity index (χ1) is 9.34. The van der Waals surface area contributed by atoms with Crippen LogP contribution in [0.1, 0.15) is 49.5 Å². The van der Waals surface area contributed by atoms with Gasteiger partial charge in [0.2, 0.25) is 0 Å². The van der Waals surface area contributed by atoms with Gasteiger partial charge >= 0.3 is 0 Å². The average Bonchev–Trinajstić information content (AvgIpc) is 2.69. The molecule has 0 amide bonds. The molecule has 110 valence electrons. The van der Waals surface area contributed by atoms with E-state index < -0.39 is 0 Å². The van der Waals surface area contributed by atoms with E-state index in [0.29, 0.717) is 16.9 Å². The molecule has 1 saturated heterocycles. The summed E-state index contributed by atoms with van der Waals surface area (Å²) in [6.07, 6.45) is 1.59. The number of rotatable bonds is 1. The quantitative estimate of drug-likeness (QED) is 0.793. The molecular formula is C15H22N2OS2. The number of hydrogen-bond acceptors (Lipinski definition) is 5. The number of thiazole rings is 1. The number of thioether (sulfide) groups is 1. The Labute approximate surface area is 129 Å². The molecule has 2 unspecified atom stereocenters. The molecule has 3 rings (SSSR count). The predicted molar refractivity (Wildman–Crippen MR) is 87.3 cm³/mol. The first-order valence-corrected chi connectivity index (χ1v) is 9.03. The van der Waals surface area contributed by atoms with Crippen molar-refractivity contribution < 1.29 is 4.79 Å². The van der Waals surface area contributed by atoms with Gasteiger partial charge in [0.1, 0.15) is 0 Å². The largest absolute Gasteiger partial charge is 0.346 e. The minimum absolute atomic E-state index is 0.0633. The predicted octanol–water partition coefficient (Wildman–Crippen LogP) is 3.63. The Kier molecular flexibility index (Phi) is 3.61. The number of carbonyl (C=O) groups excluding carboxylic acids is 1. The third-order valence-corrected chi connectivity index (χ3v) is 6.34. The van der Waals surface area contributed by atoms with Crippen molar-refractivity contribution in [1.82, 2.24) is 4.98 Å². The Morgan fingerprint density at radius 2 is 1.85 bits per heavy atom. The van der Waals surface area contributed by atoms with E-state index in [1.165, 1.54) is 0 Å². The van der Waals surface area contributed by atoms with Crippen LogP contribution in [0.3, 0.4) is 0 Å². The van der Waals surface area contributed by atoms with Gasteiger partial charge in [-0.25, -0.2) is 4.98 Å². The average molecular weight is 310 g/mol. The highest BCUT2D eigenvalue weighted by atomic mass is 32.2. The number of Topliss-reactive ketones (excluding diaryl/α,β-unsaturated/α-hetero) is 1. The third-order valence-electron chi connectivity index (χ3n) is 3.91. The SMILES string of the molecule is CC1CN(c2nc3c(s2)C(=O)CC(C)(C)C3)CC(C)S1. The molecule has 2 aliphatic rings. The van der Waals surface area contributed by atoms with E-state index in [4.69, 9.17) is 4.98 Å². The zero-order chi connectivity index (χ0) is 14.5. The number of ketones is 1. The molecule has 1 aliphatic heterocycles. The van der Waals surface area contributed by atoms with Gasteiger partial charge in [-0.1, -0.05) is 39.0 Å². The van der Waals surface area contributed by atoms with Gasteiger partial charge in [-0.15, -0.1) is 0 Å². The van der Waals surface area contributed by atoms with Gasteiger partial charge in [0.15, 0.2) is 10.9 Å². The van der Waals surface area contributed by atoms with Crippen LogP contribution in [0.5, 0.6) is 0 Å². The maximum absolute atomic E-state index is 12.3. The number of hydrogen-bond donors (Lipinski definition) is 0. The van der Waals surface area contributed by atoms with Crippen LogP contribution in [0.4, 0.5) is 5.13 Å². The smallest absolute Gasteiger partial charge is 0.186 e. The van der Waals surface area contributed by atoms with Crippen molar-refractivity contribution in [1.29, 1.82) is 0 Å². The Hall–Kier alpha value is -0.550. The van der Waals surface area contributed by atoms with E-state index >= 15 is 0 Å². The minimum Gasteiger partial charge on any atom is -0.346 e. The van der Waals surface area contributed by atoms with Crippen LogP contribution in [0, 0.1) is 5.41 Å². The van der Waals surface area contributed by atoms with Crippen molar-refractivity contribution in [3.05, 3.63) is 10.6 Å². The molecule has 0 N–H and O–H groups in total. The molecule has 0 aromatic carbocycles. The molecule has 3 nitrogen and oxygen atoms in total. The molecule has 1 aromatic rings. The molecule has 0 radical (unpaired) electrons. The highest BCUT2D eigenvalue weighted by Gasteiger charge is 2.35. The highest BCUT2D eigenvalue weighted by molar-refractivity contribution is 8.00. The van der Waals surface area contributed by atoms with Gasteiger partial charge in [0.05, 0.1) is 10.6 Å². The summed E-state index contributed by atoms with van der Waals surface area (Å²) in [6, 6.07) is 0. The lowest BCUT2D eigenvalue weighted by Gasteiger charge is -2.34. The highest BCUT2D eigenvalue weighted by Crippen LogP contribution is 2.40. The Morgan fingerprint density at radius 3 is 2.50 bits per heavy atom. The van der Waals surface area contributed by atoms with E-state index in [0.717, 1.165) is 35.2 Å². The minimum atomic E-state index is 0.0633. The topological polar surface area (TPSA) is 33.2 Å². The maximum Gasteiger partial charge on any atom is 0.186 e. The lowest BCUT2D eigenvalue weighted by molar-refractivity contribution is 0.0916. The normalized spacial score (nSPS) is 29.4. The first-order valence-electron chi connectivity index (χ1n) is 7.27. The van der Waals surface area contributed by atoms with Crippen LogP contribution >= 0.6 is 23.1 Å². The molecular weight excluding hydrogens is 288 g/mol. The zero-order valence-electron chi connectivity index (χ0n) is 12.6. The number of aromatic nitrogens is 1. The molecule has 2 atom stereocenters. The third kappa shape index (κ3) is 2.75. The van der Waals surface area contributed by atoms with Crippen LogP contribution < -0.4 is 4.90 Å². The monoisotopic (exact) mass is 310 g/mol. The number of fused-ring (bicyclic) bond motifs is 1. The van der Waals surface area contributed by atoms with Crippen LogP contribution in [-0.2, 0) is 6.42 Å². The molecule has 0 spiro atoms. The summed E-state index contributed by atoms with van der Waals surface area (Å²) in [5.74, 6) is 0.285. The van der Waals surface area contributed by atoms with Crippen molar-refractivity contribution in [2.24, 2.45) is 5.41 Å². The summed E-state index contributed by atoms with van der Waals surface area (Å²) in [6.45, 7) is 10.9. The fourth-order valence-electron chi connectivity index (χ4n) is 3.18. The Bertz CT molecular complexity index is 528. The van der Waals surface area contributed by atoms with Crippen LogP contribution in [0.15, 0.2) is 0 Å². The standard InChI is InChI=1S/C15H22N2OS2/c1-9-7-17(8-10(2)19-9)14-16-11-5-15(3,4)6-12(18)13(11)20-14/h9-10H,5-8H2,1-4H3. The van der Waals surface area contributed by atoms with Crippen LogP contribution in [-0.4, -0.2) is 34.4 Å². The Morgan fingerprint density at radius 1 is 1.20 bits per heavy atom. The summed E-state index contributed by atoms with van der Waals surface area (Å²) in [5.41, 5.74) is 1.10. The maximum atomic E-state index is 12.3. The molecule has 1 fully saturated rings. The van der Waals surface area contributed by atoms with Crippen molar-refractivity contribution in [3.63, 3.8) is 0 Å². The summed E-state index contributed by atoms with van der Waals surface area (Å²) in [7, 11) is 0. The van der Waals surface area contributed by atoms with Gasteiger partial charge in [-0.2, -0.15) is 11.8 Å². The van der Waals surface area contributed by atoms with Gasteiger partial charge in [-0.05, 0) is 11.8 Å². The lowest BCUT2D eigenvalue weighted by atomic mass is 9.78. The van der Waals surface area contributed by atoms with Gasteiger partial charge in [-0.3, -0.25) is 4.79 Å². The summed E-state index contributed by atoms with van der Waals surface area (Å²) >= 11 is 3.65. The summed E-state index contributed by atoms with van der Waals surface area (Å²) in [5, 5.41) is 2.32. The molecule has 5 heteroatoms. The second-order valence-corrected chi connectivity index (χ2v) is 9.73. The second-order valence-electron chi connectivity index (χ2n) is 6.88. The molecule has 0 saturated carbocycles. The van der Waals surface area contributed by atoms with Crippen molar-refractivity contribution in [2.75, 3.05) is 18.0 Å². The van der Waals surface area contributed by atoms with E-state index in [1.807, 2.05) is 11.8 Å². The van der Waals surface area contributed by atoms with Crippen molar-refractivity contribution in [3.8, 4) is 0 Å². The van der Waals surface area contributed by atoms with E-state index in [2.05, 4.69) is 32.6 Å². The van der Waals surface area contributed by atoms with Crippen molar-refractivity contribution in [2.45, 2.75) is 51.0 Å². The zero-order valence-corrected chi connectivity index (χ0v) is 14.2. The van der Waals surface area contributed by atoms with E-state index in [9.17, 15) is 4.79 Å². The summed E-state index contributed by atoms with van der Waals surface area (Å²) in [4.78, 5) is 20.4. The molecule has 2 heterocycles. The fraction of sp³-hybridized carbons (Fsp3) is 0.733. The molecule has 0 bridgehead atoms. The second kappa shape index (κ2) is 5.02. The van der Waals surface area contributed by atoms with Crippen LogP contribution in [0.2, 0.25) is 0 Å². The molecule has 20 heavy (non-hydrogen) atoms. The summed E-state index contributed by atoms with van der Waals surface area (Å²) < 4.78 is 0. The Balaban J connectivity index is 1.88. The molecule has 1 aromatic heterocycles. The number of nitrogens with zero attached hydrogens (tertiary/aromatic N) is 2. The lowest BCUT2D eigenvalue weighted by Crippen LogP contribution is -2.40. The van der Waals surface area contributed by atoms with E-state index in [-0.39, 0.29) is 11.2 Å². The fourth-order valence-corrected chi connectivity index (χ4v) is 5.54. The number of carbonyl (C=O) groups is 1.